The summed E-state index contributed by atoms with van der Waals surface area (Å²) < 4.78 is 0. The topological polar surface area (TPSA) is 40.5 Å². The van der Waals surface area contributed by atoms with Gasteiger partial charge in [0.05, 0.1) is 14.3 Å². The van der Waals surface area contributed by atoms with Gasteiger partial charge in [-0.3, -0.25) is 4.79 Å². The zero-order valence-corrected chi connectivity index (χ0v) is 5.22. The zero-order valence-electron chi connectivity index (χ0n) is 5.22. The maximum absolute atomic E-state index is 9.93. The van der Waals surface area contributed by atoms with Gasteiger partial charge >= 0.3 is 5.97 Å². The number of hydrogen-bond donors (Lipinski definition) is 1. The summed E-state index contributed by atoms with van der Waals surface area (Å²) >= 11 is 0. The van der Waals surface area contributed by atoms with Crippen LogP contribution in [0.4, 0.5) is 0 Å². The third kappa shape index (κ3) is 3.74. The molecule has 0 amide bonds. The SMILES string of the molecule is BBN(C)CC(=O)O. The van der Waals surface area contributed by atoms with Gasteiger partial charge in [-0.25, -0.2) is 0 Å². The van der Waals surface area contributed by atoms with Crippen LogP contribution in [0.2, 0.25) is 0 Å². The molecule has 0 rings (SSSR count). The molecular weight excluding hydrogens is 104 g/mol. The largest absolute Gasteiger partial charge is 0.480 e. The first-order valence-corrected chi connectivity index (χ1v) is 2.57. The van der Waals surface area contributed by atoms with Gasteiger partial charge in [-0.1, -0.05) is 0 Å². The van der Waals surface area contributed by atoms with Crippen LogP contribution in [-0.4, -0.2) is 44.5 Å². The van der Waals surface area contributed by atoms with Gasteiger partial charge in [0, 0.05) is 0 Å². The molecule has 0 aliphatic rings. The lowest BCUT2D eigenvalue weighted by molar-refractivity contribution is -0.137. The van der Waals surface area contributed by atoms with E-state index in [1.165, 1.54) is 0 Å². The quantitative estimate of drug-likeness (QED) is 0.426. The number of aliphatic carboxylic acids is 1. The van der Waals surface area contributed by atoms with Crippen LogP contribution in [0.25, 0.3) is 0 Å². The molecule has 0 heterocycles. The monoisotopic (exact) mass is 113 g/mol. The molecule has 8 heavy (non-hydrogen) atoms. The van der Waals surface area contributed by atoms with Crippen molar-refractivity contribution in [1.82, 2.24) is 4.81 Å². The molecule has 3 nitrogen and oxygen atoms in total. The molecular formula is C3H9B2NO2. The Morgan fingerprint density at radius 2 is 2.50 bits per heavy atom. The van der Waals surface area contributed by atoms with E-state index in [1.807, 2.05) is 7.74 Å². The van der Waals surface area contributed by atoms with Crippen molar-refractivity contribution >= 4 is 21.0 Å². The van der Waals surface area contributed by atoms with Gasteiger partial charge in [0.1, 0.15) is 0 Å². The summed E-state index contributed by atoms with van der Waals surface area (Å²) in [5.74, 6) is -0.769. The number of carboxylic acid groups (broad SMARTS) is 1. The lowest BCUT2D eigenvalue weighted by atomic mass is 9.65. The van der Waals surface area contributed by atoms with E-state index in [9.17, 15) is 4.79 Å². The van der Waals surface area contributed by atoms with Crippen molar-refractivity contribution in [2.24, 2.45) is 0 Å². The van der Waals surface area contributed by atoms with Crippen molar-refractivity contribution in [3.63, 3.8) is 0 Å². The van der Waals surface area contributed by atoms with E-state index in [0.717, 1.165) is 7.31 Å². The minimum absolute atomic E-state index is 0.135. The fourth-order valence-corrected chi connectivity index (χ4v) is 0.343. The normalized spacial score (nSPS) is 9.25. The number of rotatable bonds is 3. The van der Waals surface area contributed by atoms with Crippen LogP contribution in [0.15, 0.2) is 0 Å². The lowest BCUT2D eigenvalue weighted by Crippen LogP contribution is -2.29. The van der Waals surface area contributed by atoms with Gasteiger partial charge in [0.25, 0.3) is 0 Å². The van der Waals surface area contributed by atoms with E-state index in [1.54, 1.807) is 11.9 Å². The Kier molecular flexibility index (Phi) is 3.35. The number of hydrogen-bond acceptors (Lipinski definition) is 2. The first kappa shape index (κ1) is 7.56. The Morgan fingerprint density at radius 3 is 2.62 bits per heavy atom. The van der Waals surface area contributed by atoms with Crippen LogP contribution in [0.3, 0.4) is 0 Å². The minimum atomic E-state index is -0.769. The highest BCUT2D eigenvalue weighted by Crippen LogP contribution is 1.72. The summed E-state index contributed by atoms with van der Waals surface area (Å²) in [6.07, 6.45) is 0. The van der Waals surface area contributed by atoms with Crippen molar-refractivity contribution in [3.8, 4) is 0 Å². The fraction of sp³-hybridized carbons (Fsp3) is 0.667. The summed E-state index contributed by atoms with van der Waals surface area (Å²) in [5.41, 5.74) is 0. The summed E-state index contributed by atoms with van der Waals surface area (Å²) in [4.78, 5) is 11.7. The van der Waals surface area contributed by atoms with E-state index in [2.05, 4.69) is 0 Å². The first-order chi connectivity index (χ1) is 3.66. The molecule has 0 aliphatic heterocycles. The molecule has 0 saturated heterocycles. The predicted octanol–water partition coefficient (Wildman–Crippen LogP) is -2.10. The number of carboxylic acids is 1. The van der Waals surface area contributed by atoms with Crippen LogP contribution in [-0.2, 0) is 4.79 Å². The Hall–Kier alpha value is -0.440. The molecule has 0 fully saturated rings. The maximum atomic E-state index is 9.93. The average Bonchev–Trinajstić information content (AvgIpc) is 1.65. The van der Waals surface area contributed by atoms with Crippen molar-refractivity contribution in [1.29, 1.82) is 0 Å². The summed E-state index contributed by atoms with van der Waals surface area (Å²) in [6, 6.07) is 0. The highest BCUT2D eigenvalue weighted by molar-refractivity contribution is 6.87. The third-order valence-electron chi connectivity index (χ3n) is 0.945. The van der Waals surface area contributed by atoms with E-state index < -0.39 is 5.97 Å². The highest BCUT2D eigenvalue weighted by atomic mass is 16.4. The van der Waals surface area contributed by atoms with Crippen LogP contribution < -0.4 is 0 Å². The smallest absolute Gasteiger partial charge is 0.316 e. The standard InChI is InChI=1S/C3H9B2NO2/c1-6(5-4)2-3(7)8/h5H,2,4H2,1H3,(H,7,8). The zero-order chi connectivity index (χ0) is 6.57. The molecule has 5 heteroatoms. The Bertz CT molecular complexity index is 87.4. The van der Waals surface area contributed by atoms with E-state index >= 15 is 0 Å². The van der Waals surface area contributed by atoms with E-state index in [0.29, 0.717) is 0 Å². The van der Waals surface area contributed by atoms with Crippen molar-refractivity contribution in [2.75, 3.05) is 13.6 Å². The highest BCUT2D eigenvalue weighted by Gasteiger charge is 1.99. The molecule has 0 atom stereocenters. The molecule has 0 aromatic carbocycles. The number of likely N-dealkylation sites (N-methyl/N-ethyl adjacent to an activating group) is 1. The van der Waals surface area contributed by atoms with Crippen LogP contribution >= 0.6 is 0 Å². The van der Waals surface area contributed by atoms with Gasteiger partial charge in [-0.15, -0.1) is 0 Å². The van der Waals surface area contributed by atoms with Crippen LogP contribution in [0, 0.1) is 0 Å². The van der Waals surface area contributed by atoms with Crippen LogP contribution in [0.5, 0.6) is 0 Å². The lowest BCUT2D eigenvalue weighted by Gasteiger charge is -2.07. The first-order valence-electron chi connectivity index (χ1n) is 2.57. The Balaban J connectivity index is 3.24. The molecule has 0 saturated carbocycles. The van der Waals surface area contributed by atoms with Gasteiger partial charge in [-0.05, 0) is 7.05 Å². The molecule has 0 aromatic rings. The summed E-state index contributed by atoms with van der Waals surface area (Å²) in [6.45, 7) is 0.135. The molecule has 0 radical (unpaired) electrons. The second-order valence-corrected chi connectivity index (χ2v) is 1.72. The van der Waals surface area contributed by atoms with Gasteiger partial charge < -0.3 is 9.92 Å². The molecule has 0 bridgehead atoms. The van der Waals surface area contributed by atoms with Gasteiger partial charge in [-0.2, -0.15) is 0 Å². The van der Waals surface area contributed by atoms with Crippen molar-refractivity contribution < 1.29 is 9.90 Å². The Labute approximate surface area is 50.3 Å². The summed E-state index contributed by atoms with van der Waals surface area (Å²) in [5, 5.41) is 8.17. The molecule has 1 N–H and O–H groups in total. The second-order valence-electron chi connectivity index (χ2n) is 1.72. The number of nitrogens with zero attached hydrogens (tertiary/aromatic N) is 1. The molecule has 0 spiro atoms. The Morgan fingerprint density at radius 1 is 2.00 bits per heavy atom. The minimum Gasteiger partial charge on any atom is -0.480 e. The van der Waals surface area contributed by atoms with E-state index in [-0.39, 0.29) is 6.54 Å². The number of carbonyl (C=O) groups is 1. The van der Waals surface area contributed by atoms with Gasteiger partial charge in [0.15, 0.2) is 7.31 Å². The predicted molar refractivity (Wildman–Crippen MR) is 36.0 cm³/mol. The third-order valence-corrected chi connectivity index (χ3v) is 0.945. The van der Waals surface area contributed by atoms with Gasteiger partial charge in [0.2, 0.25) is 0 Å². The van der Waals surface area contributed by atoms with Crippen molar-refractivity contribution in [2.45, 2.75) is 0 Å². The maximum Gasteiger partial charge on any atom is 0.316 e. The molecule has 0 aromatic heterocycles. The van der Waals surface area contributed by atoms with Crippen molar-refractivity contribution in [3.05, 3.63) is 0 Å². The second kappa shape index (κ2) is 3.55. The molecule has 44 valence electrons. The average molecular weight is 113 g/mol. The molecule has 0 unspecified atom stereocenters. The molecule has 0 aliphatic carbocycles. The summed E-state index contributed by atoms with van der Waals surface area (Å²) in [7, 11) is 4.48. The fourth-order valence-electron chi connectivity index (χ4n) is 0.343. The van der Waals surface area contributed by atoms with E-state index in [4.69, 9.17) is 5.11 Å². The van der Waals surface area contributed by atoms with Crippen LogP contribution in [0.1, 0.15) is 0 Å².